The van der Waals surface area contributed by atoms with Crippen LogP contribution in [0.15, 0.2) is 41.8 Å². The van der Waals surface area contributed by atoms with Gasteiger partial charge in [0.25, 0.3) is 17.5 Å². The minimum atomic E-state index is -5.32. The number of amides is 4. The van der Waals surface area contributed by atoms with E-state index in [0.717, 1.165) is 35.6 Å². The monoisotopic (exact) mass is 387 g/mol. The van der Waals surface area contributed by atoms with E-state index in [1.54, 1.807) is 5.32 Å². The predicted octanol–water partition coefficient (Wildman–Crippen LogP) is 2.63. The van der Waals surface area contributed by atoms with E-state index >= 15 is 0 Å². The Morgan fingerprint density at radius 3 is 2.35 bits per heavy atom. The summed E-state index contributed by atoms with van der Waals surface area (Å²) in [4.78, 5) is 36.7. The van der Waals surface area contributed by atoms with Gasteiger partial charge in [-0.3, -0.25) is 14.9 Å². The predicted molar refractivity (Wildman–Crippen MR) is 83.0 cm³/mol. The zero-order chi connectivity index (χ0) is 19.1. The van der Waals surface area contributed by atoms with Gasteiger partial charge in [0, 0.05) is 0 Å². The molecule has 26 heavy (non-hydrogen) atoms. The highest BCUT2D eigenvalue weighted by atomic mass is 32.1. The Bertz CT molecular complexity index is 867. The maximum atomic E-state index is 13.7. The molecule has 0 aliphatic carbocycles. The van der Waals surface area contributed by atoms with Crippen molar-refractivity contribution < 1.29 is 31.9 Å². The number of halogens is 4. The van der Waals surface area contributed by atoms with Crippen molar-refractivity contribution in [2.24, 2.45) is 0 Å². The summed E-state index contributed by atoms with van der Waals surface area (Å²) in [6, 6.07) is 5.02. The summed E-state index contributed by atoms with van der Waals surface area (Å²) in [6.45, 7) is 0. The molecule has 0 unspecified atom stereocenters. The first kappa shape index (κ1) is 17.9. The first-order valence-corrected chi connectivity index (χ1v) is 7.89. The molecule has 3 rings (SSSR count). The zero-order valence-corrected chi connectivity index (χ0v) is 13.5. The second-order valence-electron chi connectivity index (χ2n) is 5.23. The van der Waals surface area contributed by atoms with Gasteiger partial charge in [0.15, 0.2) is 0 Å². The van der Waals surface area contributed by atoms with Gasteiger partial charge >= 0.3 is 12.2 Å². The van der Waals surface area contributed by atoms with Gasteiger partial charge < -0.3 is 5.32 Å². The van der Waals surface area contributed by atoms with Crippen molar-refractivity contribution in [1.82, 2.24) is 10.6 Å². The smallest absolute Gasteiger partial charge is 0.313 e. The van der Waals surface area contributed by atoms with Gasteiger partial charge in [-0.15, -0.1) is 11.3 Å². The fraction of sp³-hybridized carbons (Fsp3) is 0.133. The average molecular weight is 387 g/mol. The van der Waals surface area contributed by atoms with Crippen LogP contribution in [0.4, 0.5) is 28.0 Å². The molecule has 1 aliphatic rings. The number of thiophene rings is 1. The lowest BCUT2D eigenvalue weighted by Gasteiger charge is -2.29. The molecule has 1 fully saturated rings. The van der Waals surface area contributed by atoms with E-state index in [2.05, 4.69) is 0 Å². The highest BCUT2D eigenvalue weighted by molar-refractivity contribution is 7.12. The van der Waals surface area contributed by atoms with Gasteiger partial charge in [-0.25, -0.2) is 14.1 Å². The van der Waals surface area contributed by atoms with Crippen LogP contribution in [0, 0.1) is 5.82 Å². The van der Waals surface area contributed by atoms with Crippen molar-refractivity contribution in [3.05, 3.63) is 52.5 Å². The Hall–Kier alpha value is -2.95. The van der Waals surface area contributed by atoms with Gasteiger partial charge in [-0.05, 0) is 35.7 Å². The van der Waals surface area contributed by atoms with Crippen LogP contribution in [0.2, 0.25) is 0 Å². The average Bonchev–Trinajstić information content (AvgIpc) is 3.16. The number of carbonyl (C=O) groups excluding carboxylic acids is 3. The molecule has 11 heteroatoms. The normalized spacial score (nSPS) is 20.2. The van der Waals surface area contributed by atoms with E-state index in [1.807, 2.05) is 0 Å². The Labute approximate surface area is 147 Å². The fourth-order valence-corrected chi connectivity index (χ4v) is 2.96. The van der Waals surface area contributed by atoms with Crippen molar-refractivity contribution in [3.8, 4) is 0 Å². The van der Waals surface area contributed by atoms with Gasteiger partial charge in [0.2, 0.25) is 0 Å². The fourth-order valence-electron chi connectivity index (χ4n) is 2.34. The molecule has 1 aromatic carbocycles. The maximum absolute atomic E-state index is 13.7. The number of urea groups is 1. The molecular weight excluding hydrogens is 378 g/mol. The van der Waals surface area contributed by atoms with E-state index in [9.17, 15) is 31.9 Å². The Balaban J connectivity index is 2.00. The summed E-state index contributed by atoms with van der Waals surface area (Å²) >= 11 is 0.866. The summed E-state index contributed by atoms with van der Waals surface area (Å²) in [7, 11) is 0. The molecule has 1 atom stereocenters. The van der Waals surface area contributed by atoms with E-state index in [1.165, 1.54) is 22.8 Å². The van der Waals surface area contributed by atoms with E-state index in [0.29, 0.717) is 0 Å². The minimum absolute atomic E-state index is 0.0732. The topological polar surface area (TPSA) is 78.5 Å². The Morgan fingerprint density at radius 1 is 1.15 bits per heavy atom. The van der Waals surface area contributed by atoms with Crippen LogP contribution >= 0.6 is 11.3 Å². The molecular formula is C15H9F4N3O3S. The van der Waals surface area contributed by atoms with Crippen LogP contribution in [0.3, 0.4) is 0 Å². The number of alkyl halides is 3. The lowest BCUT2D eigenvalue weighted by atomic mass is 10.1. The first-order valence-electron chi connectivity index (χ1n) is 7.01. The van der Waals surface area contributed by atoms with Crippen molar-refractivity contribution in [1.29, 1.82) is 0 Å². The lowest BCUT2D eigenvalue weighted by Crippen LogP contribution is -2.69. The number of nitrogens with one attached hydrogen (secondary N) is 2. The molecule has 136 valence electrons. The molecule has 1 aromatic heterocycles. The molecule has 1 saturated heterocycles. The van der Waals surface area contributed by atoms with Crippen molar-refractivity contribution in [2.45, 2.75) is 11.8 Å². The Kier molecular flexibility index (Phi) is 4.18. The molecule has 2 aromatic rings. The van der Waals surface area contributed by atoms with Gasteiger partial charge in [-0.1, -0.05) is 6.07 Å². The molecule has 0 saturated carbocycles. The quantitative estimate of drug-likeness (QED) is 0.628. The van der Waals surface area contributed by atoms with Crippen molar-refractivity contribution >= 4 is 34.9 Å². The van der Waals surface area contributed by atoms with Crippen LogP contribution in [-0.2, 0) is 4.79 Å². The van der Waals surface area contributed by atoms with E-state index in [-0.39, 0.29) is 15.5 Å². The number of benzene rings is 1. The van der Waals surface area contributed by atoms with Gasteiger partial charge in [-0.2, -0.15) is 13.2 Å². The molecule has 0 spiro atoms. The number of imide groups is 1. The van der Waals surface area contributed by atoms with Gasteiger partial charge in [0.1, 0.15) is 5.82 Å². The van der Waals surface area contributed by atoms with Crippen LogP contribution in [-0.4, -0.2) is 29.7 Å². The van der Waals surface area contributed by atoms with Crippen LogP contribution in [0.25, 0.3) is 0 Å². The van der Waals surface area contributed by atoms with Gasteiger partial charge in [0.05, 0.1) is 10.6 Å². The minimum Gasteiger partial charge on any atom is -0.313 e. The number of carbonyl (C=O) groups is 3. The first-order chi connectivity index (χ1) is 12.2. The summed E-state index contributed by atoms with van der Waals surface area (Å²) in [5.74, 6) is -3.62. The van der Waals surface area contributed by atoms with Crippen LogP contribution < -0.4 is 15.5 Å². The summed E-state index contributed by atoms with van der Waals surface area (Å²) in [6.07, 6.45) is -5.32. The highest BCUT2D eigenvalue weighted by Crippen LogP contribution is 2.36. The number of nitrogens with zero attached hydrogens (tertiary/aromatic N) is 1. The molecule has 2 N–H and O–H groups in total. The zero-order valence-electron chi connectivity index (χ0n) is 12.6. The third kappa shape index (κ3) is 2.79. The summed E-state index contributed by atoms with van der Waals surface area (Å²) in [5, 5.41) is 4.55. The molecule has 4 amide bonds. The number of hydrogen-bond donors (Lipinski definition) is 2. The SMILES string of the molecule is O=C(N[C@@]1(C(F)(F)F)NC(=O)N(c2ccc(F)cc2)C1=O)c1cccs1. The van der Waals surface area contributed by atoms with Crippen LogP contribution in [0.5, 0.6) is 0 Å². The van der Waals surface area contributed by atoms with Crippen LogP contribution in [0.1, 0.15) is 9.67 Å². The Morgan fingerprint density at radius 2 is 1.81 bits per heavy atom. The lowest BCUT2D eigenvalue weighted by molar-refractivity contribution is -0.197. The molecule has 6 nitrogen and oxygen atoms in total. The third-order valence-electron chi connectivity index (χ3n) is 3.58. The molecule has 1 aliphatic heterocycles. The second kappa shape index (κ2) is 6.09. The maximum Gasteiger partial charge on any atom is 0.440 e. The third-order valence-corrected chi connectivity index (χ3v) is 4.45. The second-order valence-corrected chi connectivity index (χ2v) is 6.17. The summed E-state index contributed by atoms with van der Waals surface area (Å²) in [5.41, 5.74) is -3.90. The van der Waals surface area contributed by atoms with E-state index < -0.39 is 35.5 Å². The molecule has 2 heterocycles. The largest absolute Gasteiger partial charge is 0.440 e. The number of rotatable bonds is 3. The number of anilines is 1. The molecule has 0 radical (unpaired) electrons. The highest BCUT2D eigenvalue weighted by Gasteiger charge is 2.69. The van der Waals surface area contributed by atoms with Crippen molar-refractivity contribution in [3.63, 3.8) is 0 Å². The number of hydrogen-bond acceptors (Lipinski definition) is 4. The van der Waals surface area contributed by atoms with Crippen molar-refractivity contribution in [2.75, 3.05) is 4.90 Å². The summed E-state index contributed by atoms with van der Waals surface area (Å²) < 4.78 is 54.0. The van der Waals surface area contributed by atoms with E-state index in [4.69, 9.17) is 0 Å². The molecule has 0 bridgehead atoms. The standard InChI is InChI=1S/C15H9F4N3O3S/c16-8-3-5-9(6-4-8)22-12(24)14(15(17,18)19,21-13(22)25)20-11(23)10-2-1-7-26-10/h1-7H,(H,20,23)(H,21,25)/t14-/m1/s1.